The normalized spacial score (nSPS) is 25.9. The molecule has 0 bridgehead atoms. The van der Waals surface area contributed by atoms with E-state index in [1.165, 1.54) is 6.26 Å². The first kappa shape index (κ1) is 8.01. The quantitative estimate of drug-likeness (QED) is 0.626. The molecule has 1 fully saturated rings. The number of hydrogen-bond acceptors (Lipinski definition) is 3. The van der Waals surface area contributed by atoms with Crippen LogP contribution in [-0.4, -0.2) is 33.0 Å². The first-order valence-electron chi connectivity index (χ1n) is 3.49. The zero-order valence-electron chi connectivity index (χ0n) is 6.13. The summed E-state index contributed by atoms with van der Waals surface area (Å²) in [6, 6.07) is 0.467. The molecule has 10 heavy (non-hydrogen) atoms. The first-order chi connectivity index (χ1) is 4.58. The topological polar surface area (TPSA) is 46.2 Å². The molecule has 60 valence electrons. The fraction of sp³-hybridized carbons (Fsp3) is 1.00. The maximum absolute atomic E-state index is 10.6. The molecule has 1 saturated heterocycles. The second-order valence-corrected chi connectivity index (χ2v) is 5.12. The Morgan fingerprint density at radius 3 is 2.50 bits per heavy atom. The molecule has 3 nitrogen and oxygen atoms in total. The van der Waals surface area contributed by atoms with Gasteiger partial charge < -0.3 is 5.32 Å². The van der Waals surface area contributed by atoms with Gasteiger partial charge in [-0.15, -0.1) is 0 Å². The summed E-state index contributed by atoms with van der Waals surface area (Å²) in [6.45, 7) is 1.05. The molecule has 0 aromatic heterocycles. The maximum Gasteiger partial charge on any atom is 0.147 e. The SMILES string of the molecule is CS(=O)(=O)CCC1CCN1. The summed E-state index contributed by atoms with van der Waals surface area (Å²) in [5.74, 6) is 0.324. The fourth-order valence-corrected chi connectivity index (χ4v) is 1.66. The lowest BCUT2D eigenvalue weighted by Crippen LogP contribution is -2.43. The van der Waals surface area contributed by atoms with Crippen LogP contribution in [0.15, 0.2) is 0 Å². The van der Waals surface area contributed by atoms with E-state index in [4.69, 9.17) is 0 Å². The van der Waals surface area contributed by atoms with E-state index in [9.17, 15) is 8.42 Å². The van der Waals surface area contributed by atoms with Crippen molar-refractivity contribution >= 4 is 9.84 Å². The van der Waals surface area contributed by atoms with Gasteiger partial charge in [-0.25, -0.2) is 8.42 Å². The van der Waals surface area contributed by atoms with Gasteiger partial charge in [0.15, 0.2) is 0 Å². The lowest BCUT2D eigenvalue weighted by Gasteiger charge is -2.26. The molecular formula is C6H13NO2S. The third-order valence-corrected chi connectivity index (χ3v) is 2.74. The molecule has 0 aliphatic carbocycles. The highest BCUT2D eigenvalue weighted by atomic mass is 32.2. The number of sulfone groups is 1. The van der Waals surface area contributed by atoms with Crippen LogP contribution in [0, 0.1) is 0 Å². The van der Waals surface area contributed by atoms with Crippen LogP contribution in [0.5, 0.6) is 0 Å². The minimum Gasteiger partial charge on any atom is -0.314 e. The fourth-order valence-electron chi connectivity index (χ4n) is 0.951. The second-order valence-electron chi connectivity index (χ2n) is 2.86. The van der Waals surface area contributed by atoms with Gasteiger partial charge in [-0.2, -0.15) is 0 Å². The Kier molecular flexibility index (Phi) is 2.31. The van der Waals surface area contributed by atoms with Gasteiger partial charge in [0.05, 0.1) is 5.75 Å². The molecule has 1 heterocycles. The summed E-state index contributed by atoms with van der Waals surface area (Å²) in [7, 11) is -2.74. The summed E-state index contributed by atoms with van der Waals surface area (Å²) in [5, 5.41) is 3.15. The molecule has 1 N–H and O–H groups in total. The van der Waals surface area contributed by atoms with Crippen LogP contribution in [0.4, 0.5) is 0 Å². The molecular weight excluding hydrogens is 150 g/mol. The zero-order chi connectivity index (χ0) is 7.61. The van der Waals surface area contributed by atoms with Crippen molar-refractivity contribution in [2.75, 3.05) is 18.6 Å². The van der Waals surface area contributed by atoms with Gasteiger partial charge in [0, 0.05) is 12.3 Å². The first-order valence-corrected chi connectivity index (χ1v) is 5.55. The standard InChI is InChI=1S/C6H13NO2S/c1-10(8,9)5-3-6-2-4-7-6/h6-7H,2-5H2,1H3. The van der Waals surface area contributed by atoms with E-state index in [1.807, 2.05) is 0 Å². The predicted molar refractivity (Wildman–Crippen MR) is 40.7 cm³/mol. The molecule has 1 unspecified atom stereocenters. The van der Waals surface area contributed by atoms with Crippen LogP contribution in [0.1, 0.15) is 12.8 Å². The highest BCUT2D eigenvalue weighted by Gasteiger charge is 2.17. The van der Waals surface area contributed by atoms with E-state index in [0.717, 1.165) is 19.4 Å². The van der Waals surface area contributed by atoms with E-state index >= 15 is 0 Å². The Morgan fingerprint density at radius 1 is 1.60 bits per heavy atom. The Labute approximate surface area is 61.7 Å². The minimum atomic E-state index is -2.74. The Hall–Kier alpha value is -0.0900. The van der Waals surface area contributed by atoms with Gasteiger partial charge in [0.2, 0.25) is 0 Å². The van der Waals surface area contributed by atoms with Gasteiger partial charge in [0.25, 0.3) is 0 Å². The van der Waals surface area contributed by atoms with E-state index < -0.39 is 9.84 Å². The largest absolute Gasteiger partial charge is 0.314 e. The van der Waals surface area contributed by atoms with Crippen LogP contribution in [0.3, 0.4) is 0 Å². The summed E-state index contributed by atoms with van der Waals surface area (Å²) in [4.78, 5) is 0. The zero-order valence-corrected chi connectivity index (χ0v) is 6.95. The molecule has 0 radical (unpaired) electrons. The Morgan fingerprint density at radius 2 is 2.20 bits per heavy atom. The van der Waals surface area contributed by atoms with E-state index in [-0.39, 0.29) is 0 Å². The molecule has 1 aliphatic heterocycles. The smallest absolute Gasteiger partial charge is 0.147 e. The van der Waals surface area contributed by atoms with Crippen molar-refractivity contribution < 1.29 is 8.42 Å². The third-order valence-electron chi connectivity index (χ3n) is 1.76. The van der Waals surface area contributed by atoms with Crippen molar-refractivity contribution in [1.29, 1.82) is 0 Å². The van der Waals surface area contributed by atoms with E-state index in [2.05, 4.69) is 5.32 Å². The highest BCUT2D eigenvalue weighted by Crippen LogP contribution is 2.07. The molecule has 4 heteroatoms. The summed E-state index contributed by atoms with van der Waals surface area (Å²) < 4.78 is 21.3. The molecule has 0 aromatic rings. The molecule has 1 rings (SSSR count). The summed E-state index contributed by atoms with van der Waals surface area (Å²) >= 11 is 0. The van der Waals surface area contributed by atoms with E-state index in [1.54, 1.807) is 0 Å². The van der Waals surface area contributed by atoms with Crippen molar-refractivity contribution in [1.82, 2.24) is 5.32 Å². The summed E-state index contributed by atoms with van der Waals surface area (Å²) in [5.41, 5.74) is 0. The van der Waals surface area contributed by atoms with Crippen LogP contribution in [0.25, 0.3) is 0 Å². The molecule has 1 aliphatic rings. The monoisotopic (exact) mass is 163 g/mol. The third kappa shape index (κ3) is 2.66. The lowest BCUT2D eigenvalue weighted by molar-refractivity contribution is 0.362. The van der Waals surface area contributed by atoms with Crippen LogP contribution in [0.2, 0.25) is 0 Å². The van der Waals surface area contributed by atoms with Crippen molar-refractivity contribution in [2.24, 2.45) is 0 Å². The van der Waals surface area contributed by atoms with Crippen molar-refractivity contribution in [3.63, 3.8) is 0 Å². The number of hydrogen-bond donors (Lipinski definition) is 1. The summed E-state index contributed by atoms with van der Waals surface area (Å²) in [6.07, 6.45) is 3.19. The number of nitrogens with one attached hydrogen (secondary N) is 1. The van der Waals surface area contributed by atoms with Crippen LogP contribution >= 0.6 is 0 Å². The van der Waals surface area contributed by atoms with Gasteiger partial charge in [0.1, 0.15) is 9.84 Å². The highest BCUT2D eigenvalue weighted by molar-refractivity contribution is 7.90. The maximum atomic E-state index is 10.6. The Bertz CT molecular complexity index is 194. The lowest BCUT2D eigenvalue weighted by atomic mass is 10.1. The average molecular weight is 163 g/mol. The van der Waals surface area contributed by atoms with Crippen molar-refractivity contribution in [3.05, 3.63) is 0 Å². The van der Waals surface area contributed by atoms with Crippen LogP contribution in [-0.2, 0) is 9.84 Å². The minimum absolute atomic E-state index is 0.324. The van der Waals surface area contributed by atoms with Crippen LogP contribution < -0.4 is 5.32 Å². The molecule has 0 amide bonds. The second kappa shape index (κ2) is 2.88. The Balaban J connectivity index is 2.16. The molecule has 0 aromatic carbocycles. The van der Waals surface area contributed by atoms with E-state index in [0.29, 0.717) is 11.8 Å². The molecule has 0 saturated carbocycles. The van der Waals surface area contributed by atoms with Gasteiger partial charge in [-0.1, -0.05) is 0 Å². The van der Waals surface area contributed by atoms with Gasteiger partial charge in [-0.05, 0) is 19.4 Å². The molecule has 0 spiro atoms. The van der Waals surface area contributed by atoms with Gasteiger partial charge in [-0.3, -0.25) is 0 Å². The predicted octanol–water partition coefficient (Wildman–Crippen LogP) is -0.217. The molecule has 1 atom stereocenters. The number of rotatable bonds is 3. The van der Waals surface area contributed by atoms with Crippen molar-refractivity contribution in [2.45, 2.75) is 18.9 Å². The average Bonchev–Trinajstić information content (AvgIpc) is 1.56. The van der Waals surface area contributed by atoms with Crippen molar-refractivity contribution in [3.8, 4) is 0 Å². The van der Waals surface area contributed by atoms with Gasteiger partial charge >= 0.3 is 0 Å².